The van der Waals surface area contributed by atoms with Crippen molar-refractivity contribution in [3.05, 3.63) is 29.8 Å². The largest absolute Gasteiger partial charge is 0.401 e. The van der Waals surface area contributed by atoms with E-state index in [1.807, 2.05) is 0 Å². The Morgan fingerprint density at radius 1 is 0.962 bits per heavy atom. The fourth-order valence-corrected chi connectivity index (χ4v) is 3.47. The molecule has 0 radical (unpaired) electrons. The fourth-order valence-electron chi connectivity index (χ4n) is 3.47. The van der Waals surface area contributed by atoms with Crippen LogP contribution in [0.4, 0.5) is 18.9 Å². The maximum Gasteiger partial charge on any atom is 0.401 e. The van der Waals surface area contributed by atoms with Crippen LogP contribution in [0.15, 0.2) is 24.3 Å². The van der Waals surface area contributed by atoms with E-state index >= 15 is 0 Å². The van der Waals surface area contributed by atoms with E-state index in [0.29, 0.717) is 38.0 Å². The maximum absolute atomic E-state index is 12.6. The van der Waals surface area contributed by atoms with Gasteiger partial charge in [0.2, 0.25) is 5.91 Å². The first-order valence-electron chi connectivity index (χ1n) is 8.82. The van der Waals surface area contributed by atoms with Gasteiger partial charge < -0.3 is 9.80 Å². The van der Waals surface area contributed by atoms with Gasteiger partial charge in [-0.2, -0.15) is 13.2 Å². The van der Waals surface area contributed by atoms with Crippen LogP contribution in [0, 0.1) is 0 Å². The van der Waals surface area contributed by atoms with Crippen molar-refractivity contribution < 1.29 is 22.8 Å². The average molecular weight is 369 g/mol. The smallest absolute Gasteiger partial charge is 0.337 e. The van der Waals surface area contributed by atoms with Gasteiger partial charge >= 0.3 is 6.18 Å². The zero-order valence-electron chi connectivity index (χ0n) is 14.5. The molecule has 0 bridgehead atoms. The van der Waals surface area contributed by atoms with Crippen LogP contribution >= 0.6 is 0 Å². The third-order valence-electron chi connectivity index (χ3n) is 4.78. The van der Waals surface area contributed by atoms with Gasteiger partial charge in [-0.1, -0.05) is 0 Å². The number of alkyl halides is 3. The average Bonchev–Trinajstić information content (AvgIpc) is 2.88. The van der Waals surface area contributed by atoms with Crippen molar-refractivity contribution in [2.24, 2.45) is 0 Å². The maximum atomic E-state index is 12.6. The van der Waals surface area contributed by atoms with Crippen molar-refractivity contribution in [3.8, 4) is 0 Å². The third kappa shape index (κ3) is 4.55. The van der Waals surface area contributed by atoms with Crippen molar-refractivity contribution in [2.45, 2.75) is 25.4 Å². The number of nitrogens with zero attached hydrogens (tertiary/aromatic N) is 3. The predicted molar refractivity (Wildman–Crippen MR) is 91.0 cm³/mol. The van der Waals surface area contributed by atoms with E-state index in [0.717, 1.165) is 12.1 Å². The van der Waals surface area contributed by atoms with Gasteiger partial charge in [0.15, 0.2) is 0 Å². The molecule has 3 rings (SSSR count). The summed E-state index contributed by atoms with van der Waals surface area (Å²) in [6.45, 7) is 1.02. The summed E-state index contributed by atoms with van der Waals surface area (Å²) in [5.74, 6) is -0.0977. The Kier molecular flexibility index (Phi) is 5.50. The van der Waals surface area contributed by atoms with Gasteiger partial charge in [0.05, 0.1) is 6.54 Å². The lowest BCUT2D eigenvalue weighted by molar-refractivity contribution is -0.145. The lowest BCUT2D eigenvalue weighted by atomic mass is 10.1. The fraction of sp³-hybridized carbons (Fsp3) is 0.556. The number of hydrogen-bond acceptors (Lipinski definition) is 3. The Labute approximate surface area is 150 Å². The Balaban J connectivity index is 1.61. The van der Waals surface area contributed by atoms with E-state index in [-0.39, 0.29) is 24.9 Å². The first-order valence-corrected chi connectivity index (χ1v) is 8.82. The number of carbonyl (C=O) groups excluding carboxylic acids is 2. The summed E-state index contributed by atoms with van der Waals surface area (Å²) in [4.78, 5) is 29.1. The van der Waals surface area contributed by atoms with Gasteiger partial charge in [-0.3, -0.25) is 14.5 Å². The van der Waals surface area contributed by atoms with Gasteiger partial charge in [0.1, 0.15) is 0 Å². The van der Waals surface area contributed by atoms with Crippen LogP contribution in [0.3, 0.4) is 0 Å². The molecule has 0 spiro atoms. The van der Waals surface area contributed by atoms with Crippen LogP contribution in [-0.2, 0) is 4.79 Å². The molecule has 2 aliphatic rings. The Morgan fingerprint density at radius 2 is 1.69 bits per heavy atom. The highest BCUT2D eigenvalue weighted by Crippen LogP contribution is 2.22. The van der Waals surface area contributed by atoms with Gasteiger partial charge in [-0.15, -0.1) is 0 Å². The summed E-state index contributed by atoms with van der Waals surface area (Å²) in [5.41, 5.74) is 1.26. The second-order valence-corrected chi connectivity index (χ2v) is 6.73. The van der Waals surface area contributed by atoms with Gasteiger partial charge in [0.25, 0.3) is 5.91 Å². The Hall–Kier alpha value is -2.09. The Bertz CT molecular complexity index is 661. The predicted octanol–water partition coefficient (Wildman–Crippen LogP) is 2.52. The molecule has 8 heteroatoms. The molecule has 1 aromatic rings. The van der Waals surface area contributed by atoms with Crippen LogP contribution in [0.25, 0.3) is 0 Å². The highest BCUT2D eigenvalue weighted by Gasteiger charge is 2.32. The second kappa shape index (κ2) is 7.65. The monoisotopic (exact) mass is 369 g/mol. The minimum absolute atomic E-state index is 0.0846. The lowest BCUT2D eigenvalue weighted by Gasteiger charge is -2.23. The first-order chi connectivity index (χ1) is 12.3. The molecule has 26 heavy (non-hydrogen) atoms. The molecule has 2 saturated heterocycles. The molecule has 1 aromatic carbocycles. The molecule has 0 unspecified atom stereocenters. The van der Waals surface area contributed by atoms with Crippen molar-refractivity contribution in [1.82, 2.24) is 9.80 Å². The van der Waals surface area contributed by atoms with E-state index in [9.17, 15) is 22.8 Å². The van der Waals surface area contributed by atoms with Crippen molar-refractivity contribution in [1.29, 1.82) is 0 Å². The summed E-state index contributed by atoms with van der Waals surface area (Å²) in [7, 11) is 0. The van der Waals surface area contributed by atoms with Crippen LogP contribution < -0.4 is 4.90 Å². The number of rotatable bonds is 3. The minimum atomic E-state index is -4.22. The highest BCUT2D eigenvalue weighted by molar-refractivity contribution is 5.97. The molecule has 2 heterocycles. The molecule has 0 aliphatic carbocycles. The van der Waals surface area contributed by atoms with E-state index in [1.165, 1.54) is 4.90 Å². The minimum Gasteiger partial charge on any atom is -0.337 e. The number of amides is 2. The lowest BCUT2D eigenvalue weighted by Crippen LogP contribution is -2.38. The third-order valence-corrected chi connectivity index (χ3v) is 4.78. The van der Waals surface area contributed by atoms with E-state index in [4.69, 9.17) is 0 Å². The van der Waals surface area contributed by atoms with Gasteiger partial charge in [0, 0.05) is 50.4 Å². The summed E-state index contributed by atoms with van der Waals surface area (Å²) < 4.78 is 37.6. The summed E-state index contributed by atoms with van der Waals surface area (Å²) in [5, 5.41) is 0. The van der Waals surface area contributed by atoms with Gasteiger partial charge in [-0.05, 0) is 37.1 Å². The van der Waals surface area contributed by atoms with Gasteiger partial charge in [-0.25, -0.2) is 0 Å². The standard InChI is InChI=1S/C18H22F3N3O2/c19-18(20,21)13-22-8-2-9-23(12-11-22)17(26)14-4-6-15(7-5-14)24-10-1-3-16(24)25/h4-7H,1-3,8-13H2. The molecule has 142 valence electrons. The topological polar surface area (TPSA) is 43.9 Å². The molecular formula is C18H22F3N3O2. The van der Waals surface area contributed by atoms with E-state index in [2.05, 4.69) is 0 Å². The quantitative estimate of drug-likeness (QED) is 0.822. The zero-order chi connectivity index (χ0) is 18.7. The number of benzene rings is 1. The number of hydrogen-bond donors (Lipinski definition) is 0. The second-order valence-electron chi connectivity index (χ2n) is 6.73. The number of carbonyl (C=O) groups is 2. The number of anilines is 1. The van der Waals surface area contributed by atoms with E-state index in [1.54, 1.807) is 34.1 Å². The van der Waals surface area contributed by atoms with Crippen molar-refractivity contribution >= 4 is 17.5 Å². The zero-order valence-corrected chi connectivity index (χ0v) is 14.5. The van der Waals surface area contributed by atoms with Crippen LogP contribution in [0.1, 0.15) is 29.6 Å². The normalized spacial score (nSPS) is 19.7. The SMILES string of the molecule is O=C(c1ccc(N2CCCC2=O)cc1)N1CCCN(CC(F)(F)F)CC1. The summed E-state index contributed by atoms with van der Waals surface area (Å²) in [6.07, 6.45) is -2.32. The Morgan fingerprint density at radius 3 is 2.31 bits per heavy atom. The molecule has 0 saturated carbocycles. The van der Waals surface area contributed by atoms with Crippen molar-refractivity contribution in [2.75, 3.05) is 44.2 Å². The van der Waals surface area contributed by atoms with Crippen LogP contribution in [0.5, 0.6) is 0 Å². The molecule has 0 atom stereocenters. The summed E-state index contributed by atoms with van der Waals surface area (Å²) >= 11 is 0. The molecule has 2 aliphatic heterocycles. The van der Waals surface area contributed by atoms with Crippen LogP contribution in [0.2, 0.25) is 0 Å². The molecular weight excluding hydrogens is 347 g/mol. The summed E-state index contributed by atoms with van der Waals surface area (Å²) in [6, 6.07) is 6.87. The molecule has 0 aromatic heterocycles. The number of halogens is 3. The van der Waals surface area contributed by atoms with E-state index < -0.39 is 12.7 Å². The highest BCUT2D eigenvalue weighted by atomic mass is 19.4. The first kappa shape index (κ1) is 18.7. The van der Waals surface area contributed by atoms with Crippen LogP contribution in [-0.4, -0.2) is 67.1 Å². The molecule has 5 nitrogen and oxygen atoms in total. The molecule has 2 amide bonds. The molecule has 0 N–H and O–H groups in total. The molecule has 2 fully saturated rings. The van der Waals surface area contributed by atoms with Crippen molar-refractivity contribution in [3.63, 3.8) is 0 Å².